The maximum absolute atomic E-state index is 13.0. The first-order chi connectivity index (χ1) is 11.9. The summed E-state index contributed by atoms with van der Waals surface area (Å²) in [5.41, 5.74) is 0.00764. The van der Waals surface area contributed by atoms with Crippen LogP contribution in [0, 0.1) is 0 Å². The number of hydrogen-bond acceptors (Lipinski definition) is 6. The number of esters is 1. The van der Waals surface area contributed by atoms with Gasteiger partial charge in [0.25, 0.3) is 0 Å². The second-order valence-electron chi connectivity index (χ2n) is 5.61. The molecule has 1 fully saturated rings. The predicted octanol–water partition coefficient (Wildman–Crippen LogP) is 1.26. The Morgan fingerprint density at radius 3 is 2.72 bits per heavy atom. The number of benzene rings is 1. The third kappa shape index (κ3) is 2.85. The molecule has 132 valence electrons. The minimum Gasteiger partial charge on any atom is -0.480 e. The summed E-state index contributed by atoms with van der Waals surface area (Å²) in [7, 11) is -2.82. The lowest BCUT2D eigenvalue weighted by atomic mass is 10.1. The first kappa shape index (κ1) is 17.3. The Balaban J connectivity index is 2.19. The number of aliphatic carboxylic acids is 1. The van der Waals surface area contributed by atoms with Crippen LogP contribution in [-0.2, 0) is 19.6 Å². The highest BCUT2D eigenvalue weighted by molar-refractivity contribution is 7.89. The summed E-state index contributed by atoms with van der Waals surface area (Å²) in [6.45, 7) is 0.143. The van der Waals surface area contributed by atoms with E-state index < -0.39 is 28.0 Å². The fraction of sp³-hybridized carbons (Fsp3) is 0.312. The largest absolute Gasteiger partial charge is 0.480 e. The van der Waals surface area contributed by atoms with Crippen molar-refractivity contribution in [1.29, 1.82) is 0 Å². The summed E-state index contributed by atoms with van der Waals surface area (Å²) in [5, 5.41) is 9.91. The molecule has 0 spiro atoms. The molecular formula is C16H16N2O6S. The molecule has 1 aliphatic rings. The second kappa shape index (κ2) is 6.41. The molecule has 0 bridgehead atoms. The number of carbonyl (C=O) groups is 2. The van der Waals surface area contributed by atoms with Gasteiger partial charge in [0.2, 0.25) is 10.0 Å². The molecule has 3 rings (SSSR count). The fourth-order valence-electron chi connectivity index (χ4n) is 3.06. The number of carboxylic acid groups (broad SMARTS) is 1. The summed E-state index contributed by atoms with van der Waals surface area (Å²) < 4.78 is 31.8. The standard InChI is InChI=1S/C16H16N2O6S/c1-24-16(21)14-11-4-2-6-13(10(11)7-8-17-14)25(22,23)18-9-3-5-12(18)15(19)20/h2,4,6-8,12H,3,5,9H2,1H3,(H,19,20). The average Bonchev–Trinajstić information content (AvgIpc) is 3.11. The molecule has 1 saturated heterocycles. The van der Waals surface area contributed by atoms with E-state index in [9.17, 15) is 23.1 Å². The molecule has 1 aliphatic heterocycles. The van der Waals surface area contributed by atoms with Gasteiger partial charge in [-0.05, 0) is 25.0 Å². The molecule has 1 N–H and O–H groups in total. The van der Waals surface area contributed by atoms with Crippen LogP contribution in [-0.4, -0.2) is 54.4 Å². The van der Waals surface area contributed by atoms with E-state index in [-0.39, 0.29) is 23.6 Å². The molecule has 25 heavy (non-hydrogen) atoms. The Morgan fingerprint density at radius 2 is 2.04 bits per heavy atom. The minimum atomic E-state index is -4.04. The first-order valence-corrected chi connectivity index (χ1v) is 9.02. The van der Waals surface area contributed by atoms with Crippen molar-refractivity contribution in [2.24, 2.45) is 0 Å². The summed E-state index contributed by atoms with van der Waals surface area (Å²) in [4.78, 5) is 27.1. The highest BCUT2D eigenvalue weighted by atomic mass is 32.2. The Labute approximate surface area is 144 Å². The lowest BCUT2D eigenvalue weighted by Gasteiger charge is -2.22. The highest BCUT2D eigenvalue weighted by Crippen LogP contribution is 2.31. The van der Waals surface area contributed by atoms with Gasteiger partial charge >= 0.3 is 11.9 Å². The molecule has 9 heteroatoms. The van der Waals surface area contributed by atoms with Crippen LogP contribution in [0.4, 0.5) is 0 Å². The number of fused-ring (bicyclic) bond motifs is 1. The molecule has 0 amide bonds. The number of ether oxygens (including phenoxy) is 1. The molecule has 0 aliphatic carbocycles. The number of aromatic nitrogens is 1. The zero-order valence-electron chi connectivity index (χ0n) is 13.4. The van der Waals surface area contributed by atoms with Gasteiger partial charge in [-0.1, -0.05) is 12.1 Å². The third-order valence-corrected chi connectivity index (χ3v) is 6.19. The quantitative estimate of drug-likeness (QED) is 0.812. The number of hydrogen-bond donors (Lipinski definition) is 1. The molecule has 2 heterocycles. The Kier molecular flexibility index (Phi) is 4.44. The molecule has 2 aromatic rings. The van der Waals surface area contributed by atoms with Gasteiger partial charge in [-0.25, -0.2) is 18.2 Å². The minimum absolute atomic E-state index is 0.00764. The lowest BCUT2D eigenvalue weighted by molar-refractivity contribution is -0.140. The van der Waals surface area contributed by atoms with Crippen molar-refractivity contribution in [2.45, 2.75) is 23.8 Å². The molecule has 0 saturated carbocycles. The fourth-order valence-corrected chi connectivity index (χ4v) is 4.92. The second-order valence-corrected chi connectivity index (χ2v) is 7.47. The van der Waals surface area contributed by atoms with Gasteiger partial charge in [-0.3, -0.25) is 4.79 Å². The van der Waals surface area contributed by atoms with E-state index in [0.717, 1.165) is 4.31 Å². The maximum atomic E-state index is 13.0. The normalized spacial score (nSPS) is 18.4. The van der Waals surface area contributed by atoms with E-state index in [0.29, 0.717) is 17.2 Å². The number of pyridine rings is 1. The number of carboxylic acids is 1. The summed E-state index contributed by atoms with van der Waals surface area (Å²) in [5.74, 6) is -1.84. The van der Waals surface area contributed by atoms with E-state index in [2.05, 4.69) is 9.72 Å². The molecule has 1 unspecified atom stereocenters. The number of nitrogens with zero attached hydrogens (tertiary/aromatic N) is 2. The van der Waals surface area contributed by atoms with Gasteiger partial charge < -0.3 is 9.84 Å². The SMILES string of the molecule is COC(=O)c1nccc2c(S(=O)(=O)N3CCCC3C(=O)O)cccc12. The smallest absolute Gasteiger partial charge is 0.357 e. The van der Waals surface area contributed by atoms with Crippen LogP contribution in [0.3, 0.4) is 0 Å². The molecule has 1 aromatic carbocycles. The van der Waals surface area contributed by atoms with Gasteiger partial charge in [0, 0.05) is 23.5 Å². The van der Waals surface area contributed by atoms with Crippen molar-refractivity contribution in [2.75, 3.05) is 13.7 Å². The Morgan fingerprint density at radius 1 is 1.28 bits per heavy atom. The summed E-state index contributed by atoms with van der Waals surface area (Å²) in [6.07, 6.45) is 2.08. The molecule has 0 radical (unpaired) electrons. The van der Waals surface area contributed by atoms with Gasteiger partial charge in [-0.2, -0.15) is 4.31 Å². The first-order valence-electron chi connectivity index (χ1n) is 7.58. The number of sulfonamides is 1. The highest BCUT2D eigenvalue weighted by Gasteiger charge is 2.40. The van der Waals surface area contributed by atoms with Crippen LogP contribution < -0.4 is 0 Å². The number of carbonyl (C=O) groups excluding carboxylic acids is 1. The van der Waals surface area contributed by atoms with E-state index in [1.54, 1.807) is 6.07 Å². The van der Waals surface area contributed by atoms with Crippen molar-refractivity contribution in [1.82, 2.24) is 9.29 Å². The van der Waals surface area contributed by atoms with Crippen molar-refractivity contribution >= 4 is 32.7 Å². The molecule has 8 nitrogen and oxygen atoms in total. The van der Waals surface area contributed by atoms with E-state index in [4.69, 9.17) is 0 Å². The molecule has 1 aromatic heterocycles. The van der Waals surface area contributed by atoms with Crippen molar-refractivity contribution in [3.63, 3.8) is 0 Å². The lowest BCUT2D eigenvalue weighted by Crippen LogP contribution is -2.40. The number of rotatable bonds is 4. The third-order valence-electron chi connectivity index (χ3n) is 4.22. The van der Waals surface area contributed by atoms with Crippen LogP contribution in [0.2, 0.25) is 0 Å². The summed E-state index contributed by atoms with van der Waals surface area (Å²) in [6, 6.07) is 4.87. The van der Waals surface area contributed by atoms with Crippen LogP contribution in [0.1, 0.15) is 23.3 Å². The Bertz CT molecular complexity index is 956. The topological polar surface area (TPSA) is 114 Å². The Hall–Kier alpha value is -2.52. The van der Waals surface area contributed by atoms with E-state index in [1.807, 2.05) is 0 Å². The van der Waals surface area contributed by atoms with Crippen molar-refractivity contribution in [3.8, 4) is 0 Å². The number of methoxy groups -OCH3 is 1. The van der Waals surface area contributed by atoms with Gasteiger partial charge in [0.15, 0.2) is 5.69 Å². The average molecular weight is 364 g/mol. The van der Waals surface area contributed by atoms with E-state index >= 15 is 0 Å². The molecular weight excluding hydrogens is 348 g/mol. The van der Waals surface area contributed by atoms with Crippen LogP contribution >= 0.6 is 0 Å². The summed E-state index contributed by atoms with van der Waals surface area (Å²) >= 11 is 0. The van der Waals surface area contributed by atoms with E-state index in [1.165, 1.54) is 31.5 Å². The van der Waals surface area contributed by atoms with Crippen LogP contribution in [0.25, 0.3) is 10.8 Å². The van der Waals surface area contributed by atoms with Crippen LogP contribution in [0.5, 0.6) is 0 Å². The zero-order valence-corrected chi connectivity index (χ0v) is 14.2. The maximum Gasteiger partial charge on any atom is 0.357 e. The van der Waals surface area contributed by atoms with Gasteiger partial charge in [0.05, 0.1) is 12.0 Å². The van der Waals surface area contributed by atoms with Crippen LogP contribution in [0.15, 0.2) is 35.4 Å². The zero-order chi connectivity index (χ0) is 18.2. The van der Waals surface area contributed by atoms with Gasteiger partial charge in [-0.15, -0.1) is 0 Å². The predicted molar refractivity (Wildman–Crippen MR) is 87.6 cm³/mol. The monoisotopic (exact) mass is 364 g/mol. The van der Waals surface area contributed by atoms with Crippen molar-refractivity contribution in [3.05, 3.63) is 36.2 Å². The van der Waals surface area contributed by atoms with Gasteiger partial charge in [0.1, 0.15) is 6.04 Å². The van der Waals surface area contributed by atoms with Crippen molar-refractivity contribution < 1.29 is 27.9 Å². The molecule has 1 atom stereocenters.